The van der Waals surface area contributed by atoms with E-state index in [1.807, 2.05) is 78.9 Å². The average Bonchev–Trinajstić information content (AvgIpc) is 3.50. The molecule has 208 valence electrons. The molecule has 4 aromatic carbocycles. The normalized spacial score (nSPS) is 11.0. The monoisotopic (exact) mass is 558 g/mol. The van der Waals surface area contributed by atoms with Crippen LogP contribution in [0.2, 0.25) is 0 Å². The molecule has 1 amide bonds. The molecule has 2 heterocycles. The number of nitrogens with one attached hydrogen (secondary N) is 2. The zero-order valence-electron chi connectivity index (χ0n) is 22.3. The summed E-state index contributed by atoms with van der Waals surface area (Å²) >= 11 is 0. The van der Waals surface area contributed by atoms with Gasteiger partial charge in [0.25, 0.3) is 5.91 Å². The number of nitrogens with zero attached hydrogens (tertiary/aromatic N) is 3. The van der Waals surface area contributed by atoms with Crippen molar-refractivity contribution in [2.75, 3.05) is 17.2 Å². The van der Waals surface area contributed by atoms with Crippen LogP contribution >= 0.6 is 0 Å². The third-order valence-electron chi connectivity index (χ3n) is 6.70. The van der Waals surface area contributed by atoms with Crippen molar-refractivity contribution in [1.82, 2.24) is 14.6 Å². The maximum Gasteiger partial charge on any atom is 0.341 e. The molecule has 0 aliphatic rings. The molecular formula is C32H26N6O4. The lowest BCUT2D eigenvalue weighted by molar-refractivity contribution is -0.139. The van der Waals surface area contributed by atoms with Crippen LogP contribution in [-0.2, 0) is 11.3 Å². The molecule has 0 saturated carbocycles. The van der Waals surface area contributed by atoms with E-state index in [4.69, 9.17) is 20.6 Å². The Morgan fingerprint density at radius 1 is 0.857 bits per heavy atom. The molecule has 5 N–H and O–H groups in total. The number of benzene rings is 4. The van der Waals surface area contributed by atoms with Crippen molar-refractivity contribution >= 4 is 45.5 Å². The number of aliphatic carboxylic acids is 1. The first-order valence-corrected chi connectivity index (χ1v) is 13.2. The maximum absolute atomic E-state index is 12.6. The fourth-order valence-electron chi connectivity index (χ4n) is 4.54. The molecular weight excluding hydrogens is 532 g/mol. The van der Waals surface area contributed by atoms with Gasteiger partial charge >= 0.3 is 5.97 Å². The van der Waals surface area contributed by atoms with E-state index in [0.717, 1.165) is 38.8 Å². The molecule has 0 aliphatic heterocycles. The minimum Gasteiger partial charge on any atom is -0.482 e. The summed E-state index contributed by atoms with van der Waals surface area (Å²) in [4.78, 5) is 28.3. The Bertz CT molecular complexity index is 1920. The van der Waals surface area contributed by atoms with Crippen LogP contribution in [-0.4, -0.2) is 38.2 Å². The number of hydrogen-bond acceptors (Lipinski definition) is 7. The van der Waals surface area contributed by atoms with Crippen LogP contribution in [0.15, 0.2) is 103 Å². The van der Waals surface area contributed by atoms with Gasteiger partial charge in [-0.05, 0) is 83.1 Å². The average molecular weight is 559 g/mol. The van der Waals surface area contributed by atoms with E-state index in [0.29, 0.717) is 29.5 Å². The van der Waals surface area contributed by atoms with Gasteiger partial charge in [0, 0.05) is 29.0 Å². The minimum absolute atomic E-state index is 0.203. The van der Waals surface area contributed by atoms with Crippen molar-refractivity contribution in [3.05, 3.63) is 114 Å². The molecule has 0 bridgehead atoms. The van der Waals surface area contributed by atoms with Crippen molar-refractivity contribution in [2.24, 2.45) is 5.73 Å². The minimum atomic E-state index is -1.02. The number of carboxylic acids is 1. The van der Waals surface area contributed by atoms with Crippen LogP contribution < -0.4 is 21.1 Å². The molecule has 42 heavy (non-hydrogen) atoms. The van der Waals surface area contributed by atoms with Gasteiger partial charge in [0.1, 0.15) is 5.75 Å². The Kier molecular flexibility index (Phi) is 7.19. The van der Waals surface area contributed by atoms with Crippen molar-refractivity contribution in [3.63, 3.8) is 0 Å². The van der Waals surface area contributed by atoms with Gasteiger partial charge in [-0.1, -0.05) is 30.3 Å². The van der Waals surface area contributed by atoms with Gasteiger partial charge in [-0.2, -0.15) is 5.10 Å². The molecule has 6 aromatic rings. The van der Waals surface area contributed by atoms with E-state index in [1.54, 1.807) is 28.9 Å². The number of hydrogen-bond donors (Lipinski definition) is 4. The second kappa shape index (κ2) is 11.4. The van der Waals surface area contributed by atoms with E-state index in [1.165, 1.54) is 0 Å². The molecule has 0 saturated heterocycles. The molecule has 0 radical (unpaired) electrons. The second-order valence-corrected chi connectivity index (χ2v) is 9.60. The van der Waals surface area contributed by atoms with Crippen molar-refractivity contribution < 1.29 is 19.4 Å². The van der Waals surface area contributed by atoms with Crippen molar-refractivity contribution in [1.29, 1.82) is 0 Å². The van der Waals surface area contributed by atoms with E-state index in [9.17, 15) is 9.59 Å². The van der Waals surface area contributed by atoms with Crippen LogP contribution in [0.1, 0.15) is 15.9 Å². The number of aromatic nitrogens is 3. The third-order valence-corrected chi connectivity index (χ3v) is 6.70. The predicted octanol–water partition coefficient (Wildman–Crippen LogP) is 5.47. The number of fused-ring (bicyclic) bond motifs is 2. The lowest BCUT2D eigenvalue weighted by Gasteiger charge is -2.12. The van der Waals surface area contributed by atoms with Gasteiger partial charge < -0.3 is 26.2 Å². The van der Waals surface area contributed by atoms with Gasteiger partial charge in [-0.3, -0.25) is 4.79 Å². The molecule has 6 rings (SSSR count). The SMILES string of the molecule is NCc1ccc(C(=O)Nc2ccc(Nc3nc(-c4ccc5cc(OCC(=O)O)ccc5c4)cc4ccnn34)cc2)cc1. The molecule has 10 heteroatoms. The van der Waals surface area contributed by atoms with Gasteiger partial charge in [0.15, 0.2) is 6.61 Å². The Morgan fingerprint density at radius 3 is 2.36 bits per heavy atom. The quantitative estimate of drug-likeness (QED) is 0.183. The molecule has 0 atom stereocenters. The fourth-order valence-corrected chi connectivity index (χ4v) is 4.54. The highest BCUT2D eigenvalue weighted by molar-refractivity contribution is 6.04. The number of amides is 1. The summed E-state index contributed by atoms with van der Waals surface area (Å²) in [6.45, 7) is 0.0332. The van der Waals surface area contributed by atoms with Gasteiger partial charge in [0.2, 0.25) is 5.95 Å². The Morgan fingerprint density at radius 2 is 1.60 bits per heavy atom. The zero-order chi connectivity index (χ0) is 29.1. The highest BCUT2D eigenvalue weighted by Crippen LogP contribution is 2.29. The summed E-state index contributed by atoms with van der Waals surface area (Å²) in [5, 5.41) is 21.4. The summed E-state index contributed by atoms with van der Waals surface area (Å²) in [6.07, 6.45) is 1.71. The molecule has 0 unspecified atom stereocenters. The number of carbonyl (C=O) groups excluding carboxylic acids is 1. The number of rotatable bonds is 9. The van der Waals surface area contributed by atoms with Crippen LogP contribution in [0.25, 0.3) is 27.5 Å². The van der Waals surface area contributed by atoms with Crippen LogP contribution in [0.4, 0.5) is 17.3 Å². The molecule has 2 aromatic heterocycles. The summed E-state index contributed by atoms with van der Waals surface area (Å²) in [5.41, 5.74) is 11.1. The van der Waals surface area contributed by atoms with Gasteiger partial charge in [-0.25, -0.2) is 14.3 Å². The number of anilines is 3. The Balaban J connectivity index is 1.22. The first-order valence-electron chi connectivity index (χ1n) is 13.2. The Labute approximate surface area is 240 Å². The largest absolute Gasteiger partial charge is 0.482 e. The van der Waals surface area contributed by atoms with E-state index in [-0.39, 0.29) is 5.91 Å². The molecule has 0 spiro atoms. The number of ether oxygens (including phenoxy) is 1. The lowest BCUT2D eigenvalue weighted by atomic mass is 10.0. The van der Waals surface area contributed by atoms with Crippen LogP contribution in [0.3, 0.4) is 0 Å². The topological polar surface area (TPSA) is 144 Å². The van der Waals surface area contributed by atoms with E-state index in [2.05, 4.69) is 15.7 Å². The molecule has 10 nitrogen and oxygen atoms in total. The third kappa shape index (κ3) is 5.74. The summed E-state index contributed by atoms with van der Waals surface area (Å²) in [5.74, 6) is -0.202. The Hall–Kier alpha value is -5.74. The van der Waals surface area contributed by atoms with E-state index >= 15 is 0 Å². The predicted molar refractivity (Wildman–Crippen MR) is 161 cm³/mol. The standard InChI is InChI=1S/C32H26N6O4/c33-18-20-1-3-21(4-2-20)31(41)35-25-8-10-26(11-9-25)36-32-37-29(17-27-13-14-34-38(27)32)24-6-5-23-16-28(42-19-30(39)40)12-7-22(23)15-24/h1-17H,18-19,33H2,(H,35,41)(H,36,37)(H,39,40). The van der Waals surface area contributed by atoms with Gasteiger partial charge in [-0.15, -0.1) is 0 Å². The number of carboxylic acid groups (broad SMARTS) is 1. The van der Waals surface area contributed by atoms with Gasteiger partial charge in [0.05, 0.1) is 17.4 Å². The molecule has 0 fully saturated rings. The van der Waals surface area contributed by atoms with Crippen molar-refractivity contribution in [3.8, 4) is 17.0 Å². The second-order valence-electron chi connectivity index (χ2n) is 9.60. The summed E-state index contributed by atoms with van der Waals surface area (Å²) < 4.78 is 7.02. The first-order chi connectivity index (χ1) is 20.4. The highest BCUT2D eigenvalue weighted by Gasteiger charge is 2.11. The first kappa shape index (κ1) is 26.5. The highest BCUT2D eigenvalue weighted by atomic mass is 16.5. The van der Waals surface area contributed by atoms with Crippen molar-refractivity contribution in [2.45, 2.75) is 6.54 Å². The lowest BCUT2D eigenvalue weighted by Crippen LogP contribution is -2.12. The zero-order valence-corrected chi connectivity index (χ0v) is 22.3. The maximum atomic E-state index is 12.6. The summed E-state index contributed by atoms with van der Waals surface area (Å²) in [6, 6.07) is 29.8. The molecule has 0 aliphatic carbocycles. The fraction of sp³-hybridized carbons (Fsp3) is 0.0625. The van der Waals surface area contributed by atoms with Crippen LogP contribution in [0.5, 0.6) is 5.75 Å². The smallest absolute Gasteiger partial charge is 0.341 e. The van der Waals surface area contributed by atoms with E-state index < -0.39 is 12.6 Å². The number of nitrogens with two attached hydrogens (primary N) is 1. The number of carbonyl (C=O) groups is 2. The van der Waals surface area contributed by atoms with Crippen LogP contribution in [0, 0.1) is 0 Å². The summed E-state index contributed by atoms with van der Waals surface area (Å²) in [7, 11) is 0.